The molecule has 0 aliphatic rings. The van der Waals surface area contributed by atoms with E-state index in [-0.39, 0.29) is 0 Å². The molecule has 0 saturated heterocycles. The van der Waals surface area contributed by atoms with E-state index in [1.54, 1.807) is 5.51 Å². The fourth-order valence-corrected chi connectivity index (χ4v) is 0.901. The van der Waals surface area contributed by atoms with Crippen LogP contribution in [0.25, 0.3) is 0 Å². The number of rotatable bonds is 0. The van der Waals surface area contributed by atoms with E-state index in [9.17, 15) is 4.21 Å². The molecule has 1 rings (SSSR count). The summed E-state index contributed by atoms with van der Waals surface area (Å²) in [4.78, 5) is 0. The second kappa shape index (κ2) is 2.04. The van der Waals surface area contributed by atoms with Crippen LogP contribution in [0.5, 0.6) is 0 Å². The van der Waals surface area contributed by atoms with Gasteiger partial charge in [-0.3, -0.25) is 5.10 Å². The quantitative estimate of drug-likeness (QED) is 0.516. The highest BCUT2D eigenvalue weighted by molar-refractivity contribution is 7.59. The summed E-state index contributed by atoms with van der Waals surface area (Å²) in [6.45, 7) is 0. The van der Waals surface area contributed by atoms with E-state index in [2.05, 4.69) is 10.2 Å². The summed E-state index contributed by atoms with van der Waals surface area (Å²) in [6, 6.07) is 0. The van der Waals surface area contributed by atoms with Crippen molar-refractivity contribution in [2.75, 3.05) is 0 Å². The number of nitrogens with one attached hydrogen (secondary N) is 1. The predicted octanol–water partition coefficient (Wildman–Crippen LogP) is 0.216. The molecular weight excluding hydrogens is 132 g/mol. The molecule has 0 fully saturated rings. The van der Waals surface area contributed by atoms with Gasteiger partial charge in [-0.2, -0.15) is 5.10 Å². The lowest BCUT2D eigenvalue weighted by atomic mass is 11.6. The number of hydrogen-bond donors (Lipinski definition) is 1. The van der Waals surface area contributed by atoms with Crippen LogP contribution in [0.2, 0.25) is 0 Å². The predicted molar refractivity (Wildman–Crippen MR) is 27.9 cm³/mol. The molecule has 0 unspecified atom stereocenters. The first-order chi connectivity index (χ1) is 3.43. The third-order valence-electron chi connectivity index (χ3n) is 0.444. The van der Waals surface area contributed by atoms with Crippen molar-refractivity contribution in [1.82, 2.24) is 10.2 Å². The van der Waals surface area contributed by atoms with Gasteiger partial charge < -0.3 is 0 Å². The molecule has 1 heterocycles. The minimum absolute atomic E-state index is 0.426. The summed E-state index contributed by atoms with van der Waals surface area (Å²) in [6.07, 6.45) is 0. The Morgan fingerprint density at radius 1 is 2.00 bits per heavy atom. The lowest BCUT2D eigenvalue weighted by Crippen LogP contribution is -1.61. The van der Waals surface area contributed by atoms with Crippen LogP contribution in [0.1, 0.15) is 0 Å². The Labute approximate surface area is 47.1 Å². The van der Waals surface area contributed by atoms with Gasteiger partial charge in [0.05, 0.1) is 0 Å². The molecule has 0 radical (unpaired) electrons. The van der Waals surface area contributed by atoms with E-state index in [0.717, 1.165) is 0 Å². The maximum atomic E-state index is 9.85. The lowest BCUT2D eigenvalue weighted by molar-refractivity contribution is 0.699. The van der Waals surface area contributed by atoms with E-state index in [1.165, 1.54) is 11.3 Å². The summed E-state index contributed by atoms with van der Waals surface area (Å²) in [5, 5.41) is 6.07. The maximum absolute atomic E-state index is 9.85. The summed E-state index contributed by atoms with van der Waals surface area (Å²) in [5.41, 5.74) is 1.58. The van der Waals surface area contributed by atoms with Crippen LogP contribution in [0.15, 0.2) is 5.51 Å². The van der Waals surface area contributed by atoms with Gasteiger partial charge in [0.2, 0.25) is 3.95 Å². The molecule has 3 nitrogen and oxygen atoms in total. The Balaban J connectivity index is 3.50. The zero-order valence-corrected chi connectivity index (χ0v) is 4.88. The molecule has 0 aliphatic carbocycles. The minimum atomic E-state index is 0.426. The van der Waals surface area contributed by atoms with Gasteiger partial charge in [-0.05, 0) is 0 Å². The first-order valence-corrected chi connectivity index (χ1v) is 3.16. The molecule has 0 aromatic carbocycles. The topological polar surface area (TPSA) is 45.8 Å². The molecule has 7 heavy (non-hydrogen) atoms. The highest BCUT2D eigenvalue weighted by Crippen LogP contribution is 1.86. The van der Waals surface area contributed by atoms with Gasteiger partial charge in [-0.15, -0.1) is 0 Å². The van der Waals surface area contributed by atoms with Gasteiger partial charge in [0, 0.05) is 0 Å². The van der Waals surface area contributed by atoms with Crippen LogP contribution in [0, 0.1) is 3.95 Å². The largest absolute Gasteiger partial charge is 0.256 e. The van der Waals surface area contributed by atoms with Crippen molar-refractivity contribution < 1.29 is 4.21 Å². The van der Waals surface area contributed by atoms with Crippen LogP contribution >= 0.6 is 11.3 Å². The van der Waals surface area contributed by atoms with Crippen molar-refractivity contribution in [1.29, 1.82) is 0 Å². The zero-order valence-electron chi connectivity index (χ0n) is 3.25. The highest BCUT2D eigenvalue weighted by atomic mass is 32.2. The molecule has 0 atom stereocenters. The average molecular weight is 134 g/mol. The van der Waals surface area contributed by atoms with Crippen LogP contribution in [-0.2, 0) is 11.3 Å². The second-order valence-corrected chi connectivity index (χ2v) is 2.52. The van der Waals surface area contributed by atoms with Crippen molar-refractivity contribution in [3.05, 3.63) is 9.46 Å². The molecule has 5 heteroatoms. The minimum Gasteiger partial charge on any atom is -0.256 e. The number of aromatic amines is 1. The second-order valence-electron chi connectivity index (χ2n) is 0.835. The van der Waals surface area contributed by atoms with Gasteiger partial charge >= 0.3 is 0 Å². The third-order valence-corrected chi connectivity index (χ3v) is 1.70. The smallest absolute Gasteiger partial charge is 0.206 e. The van der Waals surface area contributed by atoms with Crippen molar-refractivity contribution in [3.8, 4) is 0 Å². The van der Waals surface area contributed by atoms with Crippen molar-refractivity contribution in [3.63, 3.8) is 0 Å². The van der Waals surface area contributed by atoms with E-state index in [1.807, 2.05) is 0 Å². The SMILES string of the molecule is O=S=c1[nH]ncs1. The number of hydrogen-bond acceptors (Lipinski definition) is 3. The van der Waals surface area contributed by atoms with Crippen LogP contribution < -0.4 is 0 Å². The Kier molecular flexibility index (Phi) is 1.38. The van der Waals surface area contributed by atoms with E-state index < -0.39 is 0 Å². The van der Waals surface area contributed by atoms with Crippen molar-refractivity contribution >= 4 is 22.6 Å². The molecule has 0 bridgehead atoms. The maximum Gasteiger partial charge on any atom is 0.206 e. The Hall–Kier alpha value is -0.420. The Morgan fingerprint density at radius 3 is 3.14 bits per heavy atom. The average Bonchev–Trinajstić information content (AvgIpc) is 2.14. The van der Waals surface area contributed by atoms with Crippen molar-refractivity contribution in [2.24, 2.45) is 0 Å². The van der Waals surface area contributed by atoms with Gasteiger partial charge in [0.1, 0.15) is 16.8 Å². The Bertz CT molecular complexity index is 203. The van der Waals surface area contributed by atoms with E-state index in [0.29, 0.717) is 15.2 Å². The standard InChI is InChI=1S/C2H2N2OS2/c5-7-2-4-3-1-6-2/h1,4H. The normalized spacial score (nSPS) is 8.57. The summed E-state index contributed by atoms with van der Waals surface area (Å²) in [7, 11) is 0. The molecule has 0 amide bonds. The zero-order chi connectivity index (χ0) is 5.11. The van der Waals surface area contributed by atoms with Crippen molar-refractivity contribution in [2.45, 2.75) is 0 Å². The number of nitrogens with zero attached hydrogens (tertiary/aromatic N) is 1. The first kappa shape index (κ1) is 4.73. The van der Waals surface area contributed by atoms with Gasteiger partial charge in [0.25, 0.3) is 0 Å². The summed E-state index contributed by atoms with van der Waals surface area (Å²) < 4.78 is 10.4. The first-order valence-electron chi connectivity index (χ1n) is 1.54. The highest BCUT2D eigenvalue weighted by Gasteiger charge is 1.72. The molecule has 38 valence electrons. The van der Waals surface area contributed by atoms with E-state index in [4.69, 9.17) is 0 Å². The summed E-state index contributed by atoms with van der Waals surface area (Å²) >= 11 is 1.73. The van der Waals surface area contributed by atoms with Crippen LogP contribution in [-0.4, -0.2) is 14.4 Å². The van der Waals surface area contributed by atoms with Crippen LogP contribution in [0.4, 0.5) is 0 Å². The molecule has 0 spiro atoms. The molecular formula is C2H2N2OS2. The fraction of sp³-hybridized carbons (Fsp3) is 0. The molecule has 0 aliphatic heterocycles. The lowest BCUT2D eigenvalue weighted by Gasteiger charge is -1.52. The Morgan fingerprint density at radius 2 is 2.86 bits per heavy atom. The van der Waals surface area contributed by atoms with Gasteiger partial charge in [-0.1, -0.05) is 11.3 Å². The van der Waals surface area contributed by atoms with Gasteiger partial charge in [0.15, 0.2) is 0 Å². The third kappa shape index (κ3) is 0.971. The monoisotopic (exact) mass is 134 g/mol. The number of aromatic nitrogens is 2. The molecule has 0 saturated carbocycles. The van der Waals surface area contributed by atoms with Gasteiger partial charge in [-0.25, -0.2) is 4.21 Å². The molecule has 1 N–H and O–H groups in total. The molecule has 1 aromatic heterocycles. The molecule has 1 aromatic rings. The van der Waals surface area contributed by atoms with E-state index >= 15 is 0 Å². The fourth-order valence-electron chi connectivity index (χ4n) is 0.218. The van der Waals surface area contributed by atoms with Crippen LogP contribution in [0.3, 0.4) is 0 Å². The number of H-pyrrole nitrogens is 1. The summed E-state index contributed by atoms with van der Waals surface area (Å²) in [5.74, 6) is 0.